The van der Waals surface area contributed by atoms with Crippen molar-refractivity contribution in [1.82, 2.24) is 9.80 Å². The molecule has 1 aliphatic heterocycles. The molecule has 0 radical (unpaired) electrons. The van der Waals surface area contributed by atoms with Crippen molar-refractivity contribution in [2.24, 2.45) is 5.73 Å². The van der Waals surface area contributed by atoms with Gasteiger partial charge in [0.15, 0.2) is 0 Å². The van der Waals surface area contributed by atoms with Crippen molar-refractivity contribution in [2.45, 2.75) is 50.1 Å². The molecule has 16 heavy (non-hydrogen) atoms. The number of hydrogen-bond donors (Lipinski definition) is 1. The standard InChI is InChI=1S/C13H27N3/c1-15-9-5-12(6-10-15)16(2)11-13(14)7-3-4-8-13/h12H,3-11,14H2,1-2H3. The van der Waals surface area contributed by atoms with E-state index in [9.17, 15) is 0 Å². The van der Waals surface area contributed by atoms with Crippen LogP contribution in [0.4, 0.5) is 0 Å². The van der Waals surface area contributed by atoms with E-state index in [0.29, 0.717) is 0 Å². The minimum atomic E-state index is 0.123. The quantitative estimate of drug-likeness (QED) is 0.785. The molecule has 0 unspecified atom stereocenters. The average Bonchev–Trinajstić information content (AvgIpc) is 2.65. The third-order valence-corrected chi connectivity index (χ3v) is 4.48. The molecule has 1 heterocycles. The SMILES string of the molecule is CN1CCC(N(C)CC2(N)CCCC2)CC1. The second-order valence-electron chi connectivity index (χ2n) is 6.02. The van der Waals surface area contributed by atoms with Crippen LogP contribution in [-0.2, 0) is 0 Å². The third kappa shape index (κ3) is 2.96. The van der Waals surface area contributed by atoms with Crippen molar-refractivity contribution in [3.05, 3.63) is 0 Å². The molecule has 3 nitrogen and oxygen atoms in total. The maximum atomic E-state index is 6.44. The molecule has 0 aromatic rings. The highest BCUT2D eigenvalue weighted by Crippen LogP contribution is 2.29. The van der Waals surface area contributed by atoms with E-state index in [-0.39, 0.29) is 5.54 Å². The molecular weight excluding hydrogens is 198 g/mol. The van der Waals surface area contributed by atoms with Gasteiger partial charge in [-0.25, -0.2) is 0 Å². The molecule has 94 valence electrons. The summed E-state index contributed by atoms with van der Waals surface area (Å²) in [7, 11) is 4.49. The van der Waals surface area contributed by atoms with E-state index in [1.165, 1.54) is 51.6 Å². The topological polar surface area (TPSA) is 32.5 Å². The largest absolute Gasteiger partial charge is 0.324 e. The van der Waals surface area contributed by atoms with Gasteiger partial charge in [0.2, 0.25) is 0 Å². The molecule has 0 bridgehead atoms. The molecule has 2 rings (SSSR count). The molecule has 3 heteroatoms. The smallest absolute Gasteiger partial charge is 0.0283 e. The molecule has 0 aromatic heterocycles. The van der Waals surface area contributed by atoms with Gasteiger partial charge in [-0.2, -0.15) is 0 Å². The Morgan fingerprint density at radius 2 is 1.81 bits per heavy atom. The highest BCUT2D eigenvalue weighted by Gasteiger charge is 2.32. The van der Waals surface area contributed by atoms with Crippen LogP contribution in [0.15, 0.2) is 0 Å². The first-order valence-electron chi connectivity index (χ1n) is 6.77. The maximum Gasteiger partial charge on any atom is 0.0283 e. The highest BCUT2D eigenvalue weighted by molar-refractivity contribution is 4.93. The summed E-state index contributed by atoms with van der Waals surface area (Å²) in [6.45, 7) is 3.58. The number of nitrogens with two attached hydrogens (primary N) is 1. The van der Waals surface area contributed by atoms with Crippen molar-refractivity contribution < 1.29 is 0 Å². The van der Waals surface area contributed by atoms with Gasteiger partial charge < -0.3 is 15.5 Å². The van der Waals surface area contributed by atoms with Crippen molar-refractivity contribution in [3.8, 4) is 0 Å². The van der Waals surface area contributed by atoms with Gasteiger partial charge in [0.25, 0.3) is 0 Å². The molecule has 2 N–H and O–H groups in total. The fourth-order valence-electron chi connectivity index (χ4n) is 3.30. The summed E-state index contributed by atoms with van der Waals surface area (Å²) in [6, 6.07) is 0.761. The fourth-order valence-corrected chi connectivity index (χ4v) is 3.30. The van der Waals surface area contributed by atoms with Gasteiger partial charge in [0, 0.05) is 18.1 Å². The zero-order valence-electron chi connectivity index (χ0n) is 10.9. The summed E-state index contributed by atoms with van der Waals surface area (Å²) in [5.74, 6) is 0. The Labute approximate surface area is 100.0 Å². The zero-order valence-corrected chi connectivity index (χ0v) is 10.9. The van der Waals surface area contributed by atoms with Gasteiger partial charge in [-0.15, -0.1) is 0 Å². The summed E-state index contributed by atoms with van der Waals surface area (Å²) in [5, 5.41) is 0. The van der Waals surface area contributed by atoms with Gasteiger partial charge in [0.1, 0.15) is 0 Å². The lowest BCUT2D eigenvalue weighted by Gasteiger charge is -2.39. The molecule has 0 amide bonds. The van der Waals surface area contributed by atoms with Crippen LogP contribution in [0.1, 0.15) is 38.5 Å². The number of nitrogens with zero attached hydrogens (tertiary/aromatic N) is 2. The zero-order chi connectivity index (χ0) is 11.6. The molecule has 2 fully saturated rings. The number of rotatable bonds is 3. The number of likely N-dealkylation sites (N-methyl/N-ethyl adjacent to an activating group) is 1. The van der Waals surface area contributed by atoms with Gasteiger partial charge in [-0.3, -0.25) is 0 Å². The van der Waals surface area contributed by atoms with Crippen molar-refractivity contribution in [3.63, 3.8) is 0 Å². The first-order chi connectivity index (χ1) is 7.59. The number of likely N-dealkylation sites (tertiary alicyclic amines) is 1. The van der Waals surface area contributed by atoms with E-state index in [4.69, 9.17) is 5.73 Å². The monoisotopic (exact) mass is 225 g/mol. The molecule has 1 saturated carbocycles. The van der Waals surface area contributed by atoms with Crippen molar-refractivity contribution >= 4 is 0 Å². The molecule has 0 aromatic carbocycles. The molecule has 1 aliphatic carbocycles. The Kier molecular flexibility index (Phi) is 3.88. The molecule has 0 spiro atoms. The summed E-state index contributed by atoms with van der Waals surface area (Å²) in [5.41, 5.74) is 6.56. The lowest BCUT2D eigenvalue weighted by Crippen LogP contribution is -2.51. The lowest BCUT2D eigenvalue weighted by atomic mass is 9.96. The summed E-state index contributed by atoms with van der Waals surface area (Å²) in [4.78, 5) is 4.95. The Balaban J connectivity index is 1.81. The predicted octanol–water partition coefficient (Wildman–Crippen LogP) is 1.28. The van der Waals surface area contributed by atoms with Gasteiger partial charge in [0.05, 0.1) is 0 Å². The van der Waals surface area contributed by atoms with Gasteiger partial charge >= 0.3 is 0 Å². The third-order valence-electron chi connectivity index (χ3n) is 4.48. The minimum absolute atomic E-state index is 0.123. The second kappa shape index (κ2) is 5.03. The van der Waals surface area contributed by atoms with Crippen LogP contribution in [0.25, 0.3) is 0 Å². The van der Waals surface area contributed by atoms with E-state index in [0.717, 1.165) is 12.6 Å². The highest BCUT2D eigenvalue weighted by atomic mass is 15.2. The van der Waals surface area contributed by atoms with E-state index < -0.39 is 0 Å². The predicted molar refractivity (Wildman–Crippen MR) is 68.5 cm³/mol. The molecule has 0 atom stereocenters. The van der Waals surface area contributed by atoms with E-state index in [1.54, 1.807) is 0 Å². The summed E-state index contributed by atoms with van der Waals surface area (Å²) < 4.78 is 0. The lowest BCUT2D eigenvalue weighted by molar-refractivity contribution is 0.121. The minimum Gasteiger partial charge on any atom is -0.324 e. The Morgan fingerprint density at radius 3 is 2.38 bits per heavy atom. The first-order valence-corrected chi connectivity index (χ1v) is 6.77. The Hall–Kier alpha value is -0.120. The number of hydrogen-bond acceptors (Lipinski definition) is 3. The van der Waals surface area contributed by atoms with Crippen LogP contribution < -0.4 is 5.73 Å². The normalized spacial score (nSPS) is 27.8. The molecular formula is C13H27N3. The second-order valence-corrected chi connectivity index (χ2v) is 6.02. The summed E-state index contributed by atoms with van der Waals surface area (Å²) >= 11 is 0. The fraction of sp³-hybridized carbons (Fsp3) is 1.00. The van der Waals surface area contributed by atoms with Crippen LogP contribution in [0, 0.1) is 0 Å². The first kappa shape index (κ1) is 12.3. The maximum absolute atomic E-state index is 6.44. The summed E-state index contributed by atoms with van der Waals surface area (Å²) in [6.07, 6.45) is 7.73. The Morgan fingerprint density at radius 1 is 1.25 bits per heavy atom. The average molecular weight is 225 g/mol. The molecule has 2 aliphatic rings. The van der Waals surface area contributed by atoms with Crippen LogP contribution in [0.5, 0.6) is 0 Å². The van der Waals surface area contributed by atoms with Crippen LogP contribution in [0.2, 0.25) is 0 Å². The van der Waals surface area contributed by atoms with E-state index in [1.807, 2.05) is 0 Å². The van der Waals surface area contributed by atoms with Crippen LogP contribution >= 0.6 is 0 Å². The Bertz CT molecular complexity index is 215. The van der Waals surface area contributed by atoms with Crippen LogP contribution in [0.3, 0.4) is 0 Å². The van der Waals surface area contributed by atoms with Gasteiger partial charge in [-0.1, -0.05) is 12.8 Å². The van der Waals surface area contributed by atoms with E-state index in [2.05, 4.69) is 23.9 Å². The van der Waals surface area contributed by atoms with Crippen molar-refractivity contribution in [1.29, 1.82) is 0 Å². The van der Waals surface area contributed by atoms with E-state index >= 15 is 0 Å². The van der Waals surface area contributed by atoms with Crippen molar-refractivity contribution in [2.75, 3.05) is 33.7 Å². The van der Waals surface area contributed by atoms with Gasteiger partial charge in [-0.05, 0) is 52.9 Å². The molecule has 1 saturated heterocycles. The van der Waals surface area contributed by atoms with Crippen LogP contribution in [-0.4, -0.2) is 55.1 Å². The number of piperidine rings is 1.